The highest BCUT2D eigenvalue weighted by atomic mass is 32.1. The molecule has 1 aliphatic carbocycles. The van der Waals surface area contributed by atoms with Crippen molar-refractivity contribution >= 4 is 27.5 Å². The number of benzene rings is 1. The Labute approximate surface area is 177 Å². The largest absolute Gasteiger partial charge is 0.336 e. The van der Waals surface area contributed by atoms with Crippen molar-refractivity contribution in [1.29, 1.82) is 0 Å². The van der Waals surface area contributed by atoms with E-state index in [2.05, 4.69) is 59.6 Å². The second-order valence-electron chi connectivity index (χ2n) is 8.24. The van der Waals surface area contributed by atoms with Crippen molar-refractivity contribution in [3.8, 4) is 22.4 Å². The molecule has 152 valence electrons. The van der Waals surface area contributed by atoms with Crippen LogP contribution in [0.1, 0.15) is 19.8 Å². The third kappa shape index (κ3) is 3.14. The van der Waals surface area contributed by atoms with Crippen LogP contribution >= 0.6 is 11.3 Å². The molecule has 8 nitrogen and oxygen atoms in total. The van der Waals surface area contributed by atoms with Crippen LogP contribution in [0, 0.1) is 5.92 Å². The smallest absolute Gasteiger partial charge is 0.245 e. The van der Waals surface area contributed by atoms with Gasteiger partial charge in [0.2, 0.25) is 5.95 Å². The SMILES string of the molecule is CC1CN(c2ncc(-c3ccc(-c4cn[nH]c4)c4ncsc34)nn2)CC(C2CC2)N1. The van der Waals surface area contributed by atoms with Gasteiger partial charge in [0.05, 0.1) is 28.1 Å². The summed E-state index contributed by atoms with van der Waals surface area (Å²) in [6.45, 7) is 4.09. The van der Waals surface area contributed by atoms with E-state index in [0.29, 0.717) is 18.0 Å². The van der Waals surface area contributed by atoms with Gasteiger partial charge in [0, 0.05) is 48.1 Å². The number of aromatic amines is 1. The van der Waals surface area contributed by atoms with E-state index >= 15 is 0 Å². The zero-order valence-corrected chi connectivity index (χ0v) is 17.4. The van der Waals surface area contributed by atoms with Gasteiger partial charge in [0.25, 0.3) is 0 Å². The number of H-pyrrole nitrogens is 1. The highest BCUT2D eigenvalue weighted by molar-refractivity contribution is 7.17. The summed E-state index contributed by atoms with van der Waals surface area (Å²) in [7, 11) is 0. The van der Waals surface area contributed by atoms with Crippen LogP contribution in [0.5, 0.6) is 0 Å². The number of anilines is 1. The van der Waals surface area contributed by atoms with Crippen molar-refractivity contribution in [2.24, 2.45) is 5.92 Å². The van der Waals surface area contributed by atoms with Crippen LogP contribution in [0.2, 0.25) is 0 Å². The monoisotopic (exact) mass is 418 g/mol. The Morgan fingerprint density at radius 3 is 2.73 bits per heavy atom. The molecule has 9 heteroatoms. The lowest BCUT2D eigenvalue weighted by Crippen LogP contribution is -2.56. The van der Waals surface area contributed by atoms with Crippen LogP contribution in [0.3, 0.4) is 0 Å². The van der Waals surface area contributed by atoms with Crippen LogP contribution in [-0.4, -0.2) is 55.5 Å². The Hall–Kier alpha value is -2.91. The Morgan fingerprint density at radius 2 is 1.97 bits per heavy atom. The lowest BCUT2D eigenvalue weighted by Gasteiger charge is -2.37. The molecule has 1 saturated carbocycles. The zero-order chi connectivity index (χ0) is 20.1. The number of hydrogen-bond donors (Lipinski definition) is 2. The number of fused-ring (bicyclic) bond motifs is 1. The molecule has 2 fully saturated rings. The highest BCUT2D eigenvalue weighted by Gasteiger charge is 2.36. The summed E-state index contributed by atoms with van der Waals surface area (Å²) in [6.07, 6.45) is 8.19. The topological polar surface area (TPSA) is 95.5 Å². The number of aromatic nitrogens is 6. The maximum Gasteiger partial charge on any atom is 0.245 e. The summed E-state index contributed by atoms with van der Waals surface area (Å²) in [5.74, 6) is 1.52. The fourth-order valence-corrected chi connectivity index (χ4v) is 5.22. The molecule has 0 spiro atoms. The van der Waals surface area contributed by atoms with E-state index in [9.17, 15) is 0 Å². The average Bonchev–Trinajstić information content (AvgIpc) is 3.26. The predicted octanol–water partition coefficient (Wildman–Crippen LogP) is 3.12. The molecule has 1 aliphatic heterocycles. The summed E-state index contributed by atoms with van der Waals surface area (Å²) in [5.41, 5.74) is 6.68. The average molecular weight is 419 g/mol. The van der Waals surface area contributed by atoms with Crippen molar-refractivity contribution in [3.05, 3.63) is 36.2 Å². The number of piperazine rings is 1. The van der Waals surface area contributed by atoms with Gasteiger partial charge in [-0.3, -0.25) is 5.10 Å². The molecule has 0 amide bonds. The van der Waals surface area contributed by atoms with E-state index in [4.69, 9.17) is 0 Å². The molecule has 4 aromatic rings. The van der Waals surface area contributed by atoms with Gasteiger partial charge in [-0.25, -0.2) is 9.97 Å². The highest BCUT2D eigenvalue weighted by Crippen LogP contribution is 2.37. The van der Waals surface area contributed by atoms with Gasteiger partial charge in [0.1, 0.15) is 5.69 Å². The van der Waals surface area contributed by atoms with Crippen molar-refractivity contribution in [2.45, 2.75) is 31.8 Å². The predicted molar refractivity (Wildman–Crippen MR) is 117 cm³/mol. The quantitative estimate of drug-likeness (QED) is 0.526. The van der Waals surface area contributed by atoms with Gasteiger partial charge < -0.3 is 10.2 Å². The molecule has 6 rings (SSSR count). The van der Waals surface area contributed by atoms with E-state index in [1.807, 2.05) is 24.1 Å². The van der Waals surface area contributed by atoms with Crippen molar-refractivity contribution in [2.75, 3.05) is 18.0 Å². The van der Waals surface area contributed by atoms with Crippen LogP contribution in [0.25, 0.3) is 32.6 Å². The first-order valence-electron chi connectivity index (χ1n) is 10.3. The Morgan fingerprint density at radius 1 is 1.07 bits per heavy atom. The Bertz CT molecular complexity index is 1170. The maximum absolute atomic E-state index is 4.68. The summed E-state index contributed by atoms with van der Waals surface area (Å²) >= 11 is 1.61. The number of nitrogens with zero attached hydrogens (tertiary/aromatic N) is 6. The lowest BCUT2D eigenvalue weighted by atomic mass is 10.0. The molecular formula is C21H22N8S. The fourth-order valence-electron chi connectivity index (χ4n) is 4.38. The first-order chi connectivity index (χ1) is 14.8. The van der Waals surface area contributed by atoms with Gasteiger partial charge in [-0.15, -0.1) is 21.5 Å². The molecule has 2 atom stereocenters. The van der Waals surface area contributed by atoms with Gasteiger partial charge in [0.15, 0.2) is 0 Å². The molecule has 2 N–H and O–H groups in total. The van der Waals surface area contributed by atoms with Crippen LogP contribution in [-0.2, 0) is 0 Å². The van der Waals surface area contributed by atoms with Crippen LogP contribution in [0.4, 0.5) is 5.95 Å². The Balaban J connectivity index is 1.31. The Kier molecular flexibility index (Phi) is 4.24. The van der Waals surface area contributed by atoms with E-state index in [0.717, 1.165) is 51.6 Å². The second-order valence-corrected chi connectivity index (χ2v) is 9.09. The number of hydrogen-bond acceptors (Lipinski definition) is 8. The van der Waals surface area contributed by atoms with Crippen molar-refractivity contribution in [3.63, 3.8) is 0 Å². The van der Waals surface area contributed by atoms with Crippen molar-refractivity contribution < 1.29 is 0 Å². The van der Waals surface area contributed by atoms with Gasteiger partial charge in [-0.05, 0) is 25.7 Å². The van der Waals surface area contributed by atoms with Gasteiger partial charge in [-0.2, -0.15) is 5.10 Å². The number of nitrogens with one attached hydrogen (secondary N) is 2. The van der Waals surface area contributed by atoms with Crippen LogP contribution in [0.15, 0.2) is 36.2 Å². The third-order valence-electron chi connectivity index (χ3n) is 6.00. The van der Waals surface area contributed by atoms with E-state index in [1.54, 1.807) is 11.3 Å². The van der Waals surface area contributed by atoms with Crippen LogP contribution < -0.4 is 10.2 Å². The third-order valence-corrected chi connectivity index (χ3v) is 6.86. The first kappa shape index (κ1) is 17.9. The number of thiazole rings is 1. The zero-order valence-electron chi connectivity index (χ0n) is 16.6. The van der Waals surface area contributed by atoms with E-state index in [-0.39, 0.29) is 0 Å². The van der Waals surface area contributed by atoms with E-state index < -0.39 is 0 Å². The molecular weight excluding hydrogens is 396 g/mol. The standard InChI is InChI=1S/C21H22N8S/c1-12-9-29(10-18(26-12)13-2-3-13)21-22-8-17(27-28-21)16-5-4-15(14-6-24-25-7-14)19-20(16)30-11-23-19/h4-8,11-13,18,26H,2-3,9-10H2,1H3,(H,24,25). The van der Waals surface area contributed by atoms with Gasteiger partial charge in [-0.1, -0.05) is 12.1 Å². The maximum atomic E-state index is 4.68. The normalized spacial score (nSPS) is 22.0. The molecule has 1 aromatic carbocycles. The molecule has 0 bridgehead atoms. The molecule has 3 aromatic heterocycles. The fraction of sp³-hybridized carbons (Fsp3) is 0.381. The minimum absolute atomic E-state index is 0.430. The first-order valence-corrected chi connectivity index (χ1v) is 11.2. The molecule has 30 heavy (non-hydrogen) atoms. The van der Waals surface area contributed by atoms with Crippen molar-refractivity contribution in [1.82, 2.24) is 35.7 Å². The lowest BCUT2D eigenvalue weighted by molar-refractivity contribution is 0.355. The molecule has 2 aliphatic rings. The molecule has 2 unspecified atom stereocenters. The minimum Gasteiger partial charge on any atom is -0.336 e. The summed E-state index contributed by atoms with van der Waals surface area (Å²) in [5, 5.41) is 19.7. The minimum atomic E-state index is 0.430. The van der Waals surface area contributed by atoms with E-state index in [1.165, 1.54) is 12.8 Å². The summed E-state index contributed by atoms with van der Waals surface area (Å²) in [6, 6.07) is 5.10. The molecule has 1 saturated heterocycles. The summed E-state index contributed by atoms with van der Waals surface area (Å²) in [4.78, 5) is 11.5. The molecule has 0 radical (unpaired) electrons. The van der Waals surface area contributed by atoms with Gasteiger partial charge >= 0.3 is 0 Å². The summed E-state index contributed by atoms with van der Waals surface area (Å²) < 4.78 is 1.09. The number of rotatable bonds is 4. The molecule has 4 heterocycles. The second kappa shape index (κ2) is 7.10.